The van der Waals surface area contributed by atoms with Gasteiger partial charge < -0.3 is 14.6 Å². The van der Waals surface area contributed by atoms with Gasteiger partial charge in [0.2, 0.25) is 0 Å². The van der Waals surface area contributed by atoms with E-state index < -0.39 is 0 Å². The van der Waals surface area contributed by atoms with Crippen molar-refractivity contribution >= 4 is 11.6 Å². The highest BCUT2D eigenvalue weighted by molar-refractivity contribution is 6.30. The molecule has 1 atom stereocenters. The van der Waals surface area contributed by atoms with Gasteiger partial charge in [-0.1, -0.05) is 17.7 Å². The van der Waals surface area contributed by atoms with Crippen LogP contribution >= 0.6 is 11.6 Å². The Hall–Kier alpha value is -1.63. The summed E-state index contributed by atoms with van der Waals surface area (Å²) in [7, 11) is 1.62. The van der Waals surface area contributed by atoms with Gasteiger partial charge in [-0.2, -0.15) is 5.10 Å². The van der Waals surface area contributed by atoms with Crippen molar-refractivity contribution in [1.82, 2.24) is 14.8 Å². The van der Waals surface area contributed by atoms with Crippen LogP contribution in [0.15, 0.2) is 24.3 Å². The summed E-state index contributed by atoms with van der Waals surface area (Å²) in [6, 6.07) is 7.17. The molecule has 1 aromatic heterocycles. The SMILES string of the molecule is CO[C@@H](C)c1nc(COc2cccc(Cl)c2)nn1CCCO. The topological polar surface area (TPSA) is 69.4 Å². The largest absolute Gasteiger partial charge is 0.485 e. The lowest BCUT2D eigenvalue weighted by Gasteiger charge is -2.09. The average molecular weight is 326 g/mol. The minimum Gasteiger partial charge on any atom is -0.485 e. The molecule has 120 valence electrons. The van der Waals surface area contributed by atoms with E-state index in [2.05, 4.69) is 10.1 Å². The number of methoxy groups -OCH3 is 1. The van der Waals surface area contributed by atoms with Crippen LogP contribution < -0.4 is 4.74 Å². The Kier molecular flexibility index (Phi) is 6.18. The molecule has 0 bridgehead atoms. The van der Waals surface area contributed by atoms with Crippen LogP contribution in [0.2, 0.25) is 5.02 Å². The number of aliphatic hydroxyl groups excluding tert-OH is 1. The minimum atomic E-state index is -0.175. The molecule has 2 rings (SSSR count). The van der Waals surface area contributed by atoms with Crippen molar-refractivity contribution in [2.75, 3.05) is 13.7 Å². The third-order valence-corrected chi connectivity index (χ3v) is 3.39. The maximum atomic E-state index is 8.97. The van der Waals surface area contributed by atoms with Crippen LogP contribution in [0, 0.1) is 0 Å². The second kappa shape index (κ2) is 8.12. The molecule has 0 spiro atoms. The van der Waals surface area contributed by atoms with Crippen LogP contribution in [-0.4, -0.2) is 33.6 Å². The van der Waals surface area contributed by atoms with E-state index in [1.165, 1.54) is 0 Å². The summed E-state index contributed by atoms with van der Waals surface area (Å²) >= 11 is 5.92. The van der Waals surface area contributed by atoms with Gasteiger partial charge in [0, 0.05) is 25.3 Å². The first-order valence-electron chi connectivity index (χ1n) is 7.09. The number of halogens is 1. The molecule has 0 aliphatic heterocycles. The first-order valence-corrected chi connectivity index (χ1v) is 7.47. The summed E-state index contributed by atoms with van der Waals surface area (Å²) in [5.41, 5.74) is 0. The van der Waals surface area contributed by atoms with Crippen molar-refractivity contribution in [3.63, 3.8) is 0 Å². The molecule has 0 saturated heterocycles. The first kappa shape index (κ1) is 16.7. The number of hydrogen-bond acceptors (Lipinski definition) is 5. The van der Waals surface area contributed by atoms with Gasteiger partial charge >= 0.3 is 0 Å². The molecule has 0 unspecified atom stereocenters. The highest BCUT2D eigenvalue weighted by atomic mass is 35.5. The van der Waals surface area contributed by atoms with E-state index in [0.29, 0.717) is 29.6 Å². The zero-order chi connectivity index (χ0) is 15.9. The van der Waals surface area contributed by atoms with Gasteiger partial charge in [0.1, 0.15) is 18.5 Å². The molecule has 0 radical (unpaired) electrons. The highest BCUT2D eigenvalue weighted by Gasteiger charge is 2.16. The second-order valence-corrected chi connectivity index (χ2v) is 5.25. The minimum absolute atomic E-state index is 0.106. The van der Waals surface area contributed by atoms with Gasteiger partial charge in [-0.15, -0.1) is 0 Å². The van der Waals surface area contributed by atoms with Crippen molar-refractivity contribution in [3.05, 3.63) is 40.9 Å². The number of ether oxygens (including phenoxy) is 2. The smallest absolute Gasteiger partial charge is 0.188 e. The molecule has 6 nitrogen and oxygen atoms in total. The van der Waals surface area contributed by atoms with Crippen LogP contribution in [0.5, 0.6) is 5.75 Å². The predicted molar refractivity (Wildman–Crippen MR) is 82.9 cm³/mol. The maximum absolute atomic E-state index is 8.97. The van der Waals surface area contributed by atoms with E-state index in [-0.39, 0.29) is 19.3 Å². The van der Waals surface area contributed by atoms with Gasteiger partial charge in [0.15, 0.2) is 11.6 Å². The summed E-state index contributed by atoms with van der Waals surface area (Å²) in [5.74, 6) is 1.96. The Morgan fingerprint density at radius 3 is 2.91 bits per heavy atom. The van der Waals surface area contributed by atoms with Crippen LogP contribution in [0.3, 0.4) is 0 Å². The molecule has 0 fully saturated rings. The van der Waals surface area contributed by atoms with Crippen LogP contribution in [0.1, 0.15) is 31.1 Å². The Labute approximate surface area is 134 Å². The Bertz CT molecular complexity index is 603. The van der Waals surface area contributed by atoms with Crippen molar-refractivity contribution < 1.29 is 14.6 Å². The molecular weight excluding hydrogens is 306 g/mol. The lowest BCUT2D eigenvalue weighted by molar-refractivity contribution is 0.107. The normalized spacial score (nSPS) is 12.4. The van der Waals surface area contributed by atoms with E-state index in [9.17, 15) is 0 Å². The lowest BCUT2D eigenvalue weighted by atomic mass is 10.3. The van der Waals surface area contributed by atoms with Crippen molar-refractivity contribution in [1.29, 1.82) is 0 Å². The van der Waals surface area contributed by atoms with E-state index in [1.807, 2.05) is 19.1 Å². The fraction of sp³-hybridized carbons (Fsp3) is 0.467. The number of benzene rings is 1. The van der Waals surface area contributed by atoms with E-state index in [4.69, 9.17) is 26.2 Å². The molecule has 0 aliphatic rings. The quantitative estimate of drug-likeness (QED) is 0.808. The molecule has 0 aliphatic carbocycles. The summed E-state index contributed by atoms with van der Waals surface area (Å²) in [5, 5.41) is 14.0. The number of rotatable bonds is 8. The van der Waals surface area contributed by atoms with Crippen molar-refractivity contribution in [3.8, 4) is 5.75 Å². The third kappa shape index (κ3) is 4.43. The van der Waals surface area contributed by atoms with Crippen molar-refractivity contribution in [2.45, 2.75) is 32.6 Å². The number of nitrogens with zero attached hydrogens (tertiary/aromatic N) is 3. The fourth-order valence-electron chi connectivity index (χ4n) is 1.96. The van der Waals surface area contributed by atoms with Gasteiger partial charge in [0.25, 0.3) is 0 Å². The molecule has 0 amide bonds. The predicted octanol–water partition coefficient (Wildman–Crippen LogP) is 2.60. The third-order valence-electron chi connectivity index (χ3n) is 3.15. The Morgan fingerprint density at radius 1 is 1.41 bits per heavy atom. The molecule has 1 N–H and O–H groups in total. The van der Waals surface area contributed by atoms with E-state index in [0.717, 1.165) is 5.82 Å². The zero-order valence-electron chi connectivity index (χ0n) is 12.7. The summed E-state index contributed by atoms with van der Waals surface area (Å²) in [4.78, 5) is 4.46. The number of hydrogen-bond donors (Lipinski definition) is 1. The van der Waals surface area contributed by atoms with E-state index >= 15 is 0 Å². The molecular formula is C15H20ClN3O3. The lowest BCUT2D eigenvalue weighted by Crippen LogP contribution is -2.11. The second-order valence-electron chi connectivity index (χ2n) is 4.81. The molecule has 0 saturated carbocycles. The molecule has 22 heavy (non-hydrogen) atoms. The Balaban J connectivity index is 2.08. The summed E-state index contributed by atoms with van der Waals surface area (Å²) < 4.78 is 12.7. The molecule has 1 heterocycles. The molecule has 2 aromatic rings. The van der Waals surface area contributed by atoms with Gasteiger partial charge in [-0.25, -0.2) is 9.67 Å². The molecule has 1 aromatic carbocycles. The van der Waals surface area contributed by atoms with Crippen LogP contribution in [0.4, 0.5) is 0 Å². The fourth-order valence-corrected chi connectivity index (χ4v) is 2.14. The van der Waals surface area contributed by atoms with Gasteiger partial charge in [-0.3, -0.25) is 0 Å². The first-order chi connectivity index (χ1) is 10.6. The van der Waals surface area contributed by atoms with Gasteiger partial charge in [-0.05, 0) is 31.5 Å². The van der Waals surface area contributed by atoms with Gasteiger partial charge in [0.05, 0.1) is 0 Å². The van der Waals surface area contributed by atoms with Crippen LogP contribution in [0.25, 0.3) is 0 Å². The number of aliphatic hydroxyl groups is 1. The standard InChI is InChI=1S/C15H20ClN3O3/c1-11(21-2)15-17-14(18-19(15)7-4-8-20)10-22-13-6-3-5-12(16)9-13/h3,5-6,9,11,20H,4,7-8,10H2,1-2H3/t11-/m0/s1. The zero-order valence-corrected chi connectivity index (χ0v) is 13.5. The monoisotopic (exact) mass is 325 g/mol. The summed E-state index contributed by atoms with van der Waals surface area (Å²) in [6.45, 7) is 2.84. The van der Waals surface area contributed by atoms with Crippen LogP contribution in [-0.2, 0) is 17.9 Å². The highest BCUT2D eigenvalue weighted by Crippen LogP contribution is 2.19. The maximum Gasteiger partial charge on any atom is 0.188 e. The summed E-state index contributed by atoms with van der Waals surface area (Å²) in [6.07, 6.45) is 0.438. The number of aryl methyl sites for hydroxylation is 1. The van der Waals surface area contributed by atoms with E-state index in [1.54, 1.807) is 23.9 Å². The number of aromatic nitrogens is 3. The Morgan fingerprint density at radius 2 is 2.23 bits per heavy atom. The van der Waals surface area contributed by atoms with Crippen molar-refractivity contribution in [2.24, 2.45) is 0 Å². The average Bonchev–Trinajstić information content (AvgIpc) is 2.93. The molecule has 7 heteroatoms.